The van der Waals surface area contributed by atoms with E-state index in [1.165, 1.54) is 12.1 Å². The predicted octanol–water partition coefficient (Wildman–Crippen LogP) is 4.12. The Morgan fingerprint density at radius 2 is 1.64 bits per heavy atom. The molecular weight excluding hydrogens is 209 g/mol. The predicted molar refractivity (Wildman–Crippen MR) is 46.3 cm³/mol. The maximum Gasteiger partial charge on any atom is 0.117 e. The molecule has 0 unspecified atom stereocenters. The van der Waals surface area contributed by atoms with Crippen LogP contribution in [0.1, 0.15) is 5.56 Å². The van der Waals surface area contributed by atoms with Gasteiger partial charge < -0.3 is 0 Å². The molecule has 0 N–H and O–H groups in total. The van der Waals surface area contributed by atoms with E-state index in [1.807, 2.05) is 0 Å². The van der Waals surface area contributed by atoms with E-state index in [2.05, 4.69) is 0 Å². The molecule has 1 rings (SSSR count). The van der Waals surface area contributed by atoms with Crippen molar-refractivity contribution in [2.24, 2.45) is 0 Å². The Bertz CT molecular complexity index is 273. The Morgan fingerprint density at radius 1 is 1.09 bits per heavy atom. The topological polar surface area (TPSA) is 0 Å². The molecule has 0 spiro atoms. The third-order valence-corrected chi connectivity index (χ3v) is 2.47. The Balaban J connectivity index is 3.29. The first-order chi connectivity index (χ1) is 5.16. The first kappa shape index (κ1) is 9.11. The van der Waals surface area contributed by atoms with Crippen LogP contribution in [0.15, 0.2) is 12.1 Å². The van der Waals surface area contributed by atoms with Crippen LogP contribution in [0.25, 0.3) is 0 Å². The smallest absolute Gasteiger partial charge is 0.117 e. The molecule has 0 aromatic heterocycles. The number of hydrogen-bond donors (Lipinski definition) is 0. The molecule has 60 valence electrons. The van der Waals surface area contributed by atoms with E-state index in [0.717, 1.165) is 0 Å². The fourth-order valence-electron chi connectivity index (χ4n) is 0.692. The molecular formula is C7H4Cl3F. The lowest BCUT2D eigenvalue weighted by Gasteiger charge is -2.02. The molecule has 0 amide bonds. The van der Waals surface area contributed by atoms with Crippen molar-refractivity contribution in [1.29, 1.82) is 0 Å². The third-order valence-electron chi connectivity index (χ3n) is 1.27. The van der Waals surface area contributed by atoms with E-state index in [4.69, 9.17) is 34.8 Å². The van der Waals surface area contributed by atoms with Crippen LogP contribution in [0.4, 0.5) is 4.39 Å². The summed E-state index contributed by atoms with van der Waals surface area (Å²) in [5.74, 6) is 0. The van der Waals surface area contributed by atoms with E-state index < -0.39 is 6.67 Å². The van der Waals surface area contributed by atoms with E-state index in [0.29, 0.717) is 10.0 Å². The second-order valence-electron chi connectivity index (χ2n) is 1.96. The number of hydrogen-bond acceptors (Lipinski definition) is 0. The van der Waals surface area contributed by atoms with Gasteiger partial charge in [-0.25, -0.2) is 4.39 Å². The van der Waals surface area contributed by atoms with Crippen LogP contribution in [0.3, 0.4) is 0 Å². The molecule has 0 saturated carbocycles. The summed E-state index contributed by atoms with van der Waals surface area (Å²) in [6.45, 7) is -0.696. The summed E-state index contributed by atoms with van der Waals surface area (Å²) in [5.41, 5.74) is 0.251. The third kappa shape index (κ3) is 1.78. The number of halogens is 4. The van der Waals surface area contributed by atoms with Crippen molar-refractivity contribution in [3.8, 4) is 0 Å². The van der Waals surface area contributed by atoms with Crippen LogP contribution in [0.5, 0.6) is 0 Å². The van der Waals surface area contributed by atoms with Crippen LogP contribution in [-0.4, -0.2) is 0 Å². The first-order valence-corrected chi connectivity index (χ1v) is 3.98. The quantitative estimate of drug-likeness (QED) is 0.616. The van der Waals surface area contributed by atoms with Gasteiger partial charge in [-0.2, -0.15) is 0 Å². The summed E-state index contributed by atoms with van der Waals surface area (Å²) in [6, 6.07) is 3.05. The average molecular weight is 213 g/mol. The van der Waals surface area contributed by atoms with Gasteiger partial charge in [-0.1, -0.05) is 34.8 Å². The number of rotatable bonds is 1. The zero-order valence-electron chi connectivity index (χ0n) is 5.37. The SMILES string of the molecule is FCc1c(Cl)ccc(Cl)c1Cl. The highest BCUT2D eigenvalue weighted by Gasteiger charge is 2.08. The van der Waals surface area contributed by atoms with Gasteiger partial charge >= 0.3 is 0 Å². The average Bonchev–Trinajstić information content (AvgIpc) is 1.99. The molecule has 0 nitrogen and oxygen atoms in total. The van der Waals surface area contributed by atoms with Crippen LogP contribution >= 0.6 is 34.8 Å². The van der Waals surface area contributed by atoms with Gasteiger partial charge in [0.1, 0.15) is 6.67 Å². The Kier molecular flexibility index (Phi) is 2.99. The molecule has 0 atom stereocenters. The molecule has 11 heavy (non-hydrogen) atoms. The Hall–Kier alpha value is 0.0200. The summed E-state index contributed by atoms with van der Waals surface area (Å²) < 4.78 is 12.2. The molecule has 1 aromatic rings. The highest BCUT2D eigenvalue weighted by Crippen LogP contribution is 2.31. The van der Waals surface area contributed by atoms with Gasteiger partial charge in [0.15, 0.2) is 0 Å². The largest absolute Gasteiger partial charge is 0.246 e. The van der Waals surface area contributed by atoms with E-state index >= 15 is 0 Å². The van der Waals surface area contributed by atoms with Crippen molar-refractivity contribution < 1.29 is 4.39 Å². The second-order valence-corrected chi connectivity index (χ2v) is 3.15. The standard InChI is InChI=1S/C7H4Cl3F/c8-5-1-2-6(9)7(10)4(5)3-11/h1-2H,3H2. The van der Waals surface area contributed by atoms with Crippen molar-refractivity contribution >= 4 is 34.8 Å². The van der Waals surface area contributed by atoms with E-state index in [-0.39, 0.29) is 10.6 Å². The van der Waals surface area contributed by atoms with E-state index in [1.54, 1.807) is 0 Å². The van der Waals surface area contributed by atoms with Gasteiger partial charge in [-0.15, -0.1) is 0 Å². The first-order valence-electron chi connectivity index (χ1n) is 2.85. The van der Waals surface area contributed by atoms with Gasteiger partial charge in [0.05, 0.1) is 10.0 Å². The highest BCUT2D eigenvalue weighted by atomic mass is 35.5. The number of benzene rings is 1. The highest BCUT2D eigenvalue weighted by molar-refractivity contribution is 6.44. The van der Waals surface area contributed by atoms with Crippen molar-refractivity contribution in [3.05, 3.63) is 32.8 Å². The Morgan fingerprint density at radius 3 is 2.09 bits per heavy atom. The van der Waals surface area contributed by atoms with Crippen molar-refractivity contribution in [2.45, 2.75) is 6.67 Å². The maximum absolute atomic E-state index is 12.2. The molecule has 0 radical (unpaired) electrons. The zero-order valence-corrected chi connectivity index (χ0v) is 7.64. The molecule has 0 aliphatic carbocycles. The molecule has 4 heteroatoms. The molecule has 0 heterocycles. The normalized spacial score (nSPS) is 10.2. The van der Waals surface area contributed by atoms with Crippen molar-refractivity contribution in [3.63, 3.8) is 0 Å². The lowest BCUT2D eigenvalue weighted by molar-refractivity contribution is 0.485. The van der Waals surface area contributed by atoms with Crippen LogP contribution < -0.4 is 0 Å². The minimum atomic E-state index is -0.696. The van der Waals surface area contributed by atoms with Crippen molar-refractivity contribution in [1.82, 2.24) is 0 Å². The molecule has 0 saturated heterocycles. The van der Waals surface area contributed by atoms with Gasteiger partial charge in [0.25, 0.3) is 0 Å². The molecule has 0 aliphatic rings. The van der Waals surface area contributed by atoms with Crippen LogP contribution in [0.2, 0.25) is 15.1 Å². The molecule has 1 aromatic carbocycles. The Labute approximate surface area is 78.9 Å². The van der Waals surface area contributed by atoms with Crippen LogP contribution in [-0.2, 0) is 6.67 Å². The van der Waals surface area contributed by atoms with E-state index in [9.17, 15) is 4.39 Å². The van der Waals surface area contributed by atoms with Crippen molar-refractivity contribution in [2.75, 3.05) is 0 Å². The van der Waals surface area contributed by atoms with Gasteiger partial charge in [-0.3, -0.25) is 0 Å². The van der Waals surface area contributed by atoms with Crippen LogP contribution in [0, 0.1) is 0 Å². The summed E-state index contributed by atoms with van der Waals surface area (Å²) in [7, 11) is 0. The maximum atomic E-state index is 12.2. The summed E-state index contributed by atoms with van der Waals surface area (Å²) in [5, 5.41) is 0.826. The minimum Gasteiger partial charge on any atom is -0.246 e. The van der Waals surface area contributed by atoms with Gasteiger partial charge in [0, 0.05) is 10.6 Å². The lowest BCUT2D eigenvalue weighted by atomic mass is 10.2. The number of alkyl halides is 1. The van der Waals surface area contributed by atoms with Gasteiger partial charge in [-0.05, 0) is 12.1 Å². The second kappa shape index (κ2) is 3.61. The monoisotopic (exact) mass is 212 g/mol. The summed E-state index contributed by atoms with van der Waals surface area (Å²) in [4.78, 5) is 0. The fraction of sp³-hybridized carbons (Fsp3) is 0.143. The fourth-order valence-corrected chi connectivity index (χ4v) is 1.34. The summed E-state index contributed by atoms with van der Waals surface area (Å²) in [6.07, 6.45) is 0. The molecule has 0 fully saturated rings. The summed E-state index contributed by atoms with van der Waals surface area (Å²) >= 11 is 16.9. The lowest BCUT2D eigenvalue weighted by Crippen LogP contribution is -1.83. The minimum absolute atomic E-state index is 0.196. The zero-order chi connectivity index (χ0) is 8.43. The van der Waals surface area contributed by atoms with Gasteiger partial charge in [0.2, 0.25) is 0 Å². The molecule has 0 aliphatic heterocycles. The molecule has 0 bridgehead atoms.